The number of carboxylic acids is 2. The summed E-state index contributed by atoms with van der Waals surface area (Å²) < 4.78 is 36.7. The molecule has 0 radical (unpaired) electrons. The number of amides is 1. The molecule has 0 aromatic rings. The van der Waals surface area contributed by atoms with Crippen LogP contribution in [-0.4, -0.2) is 70.8 Å². The number of nitrogens with zero attached hydrogens (tertiary/aromatic N) is 1. The van der Waals surface area contributed by atoms with Crippen LogP contribution in [0.5, 0.6) is 0 Å². The molecule has 1 heterocycles. The largest absolute Gasteiger partial charge is 0.490 e. The predicted octanol–water partition coefficient (Wildman–Crippen LogP) is 0.613. The number of carbonyl (C=O) groups is 4. The Morgan fingerprint density at radius 2 is 1.74 bits per heavy atom. The number of nitrogens with two attached hydrogens (primary N) is 1. The van der Waals surface area contributed by atoms with Gasteiger partial charge in [-0.05, 0) is 19.8 Å². The molecule has 1 aliphatic heterocycles. The predicted molar refractivity (Wildman–Crippen MR) is 84.5 cm³/mol. The number of carboxylic acid groups (broad SMARTS) is 2. The number of ether oxygens (including phenoxy) is 1. The quantitative estimate of drug-likeness (QED) is 0.550. The van der Waals surface area contributed by atoms with Crippen LogP contribution < -0.4 is 5.73 Å². The van der Waals surface area contributed by atoms with Crippen molar-refractivity contribution in [3.8, 4) is 0 Å². The number of hydrogen-bond acceptors (Lipinski definition) is 6. The van der Waals surface area contributed by atoms with Crippen LogP contribution in [0.25, 0.3) is 0 Å². The Balaban J connectivity index is 0.000000821. The summed E-state index contributed by atoms with van der Waals surface area (Å²) in [5.74, 6) is -4.67. The molecule has 1 rings (SSSR count). The smallest absolute Gasteiger partial charge is 0.481 e. The maximum atomic E-state index is 12.0. The molecular weight excluding hydrogens is 377 g/mol. The van der Waals surface area contributed by atoms with E-state index in [9.17, 15) is 27.6 Å². The third kappa shape index (κ3) is 9.78. The maximum Gasteiger partial charge on any atom is 0.490 e. The fraction of sp³-hybridized carbons (Fsp3) is 0.733. The van der Waals surface area contributed by atoms with Gasteiger partial charge in [0.15, 0.2) is 0 Å². The van der Waals surface area contributed by atoms with Gasteiger partial charge in [-0.1, -0.05) is 0 Å². The van der Waals surface area contributed by atoms with Crippen LogP contribution in [0.15, 0.2) is 0 Å². The lowest BCUT2D eigenvalue weighted by Crippen LogP contribution is -2.52. The lowest BCUT2D eigenvalue weighted by Gasteiger charge is -2.35. The Labute approximate surface area is 153 Å². The van der Waals surface area contributed by atoms with Gasteiger partial charge in [0.25, 0.3) is 0 Å². The first-order valence-corrected chi connectivity index (χ1v) is 8.12. The zero-order valence-electron chi connectivity index (χ0n) is 14.7. The highest BCUT2D eigenvalue weighted by atomic mass is 19.4. The Morgan fingerprint density at radius 3 is 2.19 bits per heavy atom. The van der Waals surface area contributed by atoms with Gasteiger partial charge in [0.05, 0.1) is 12.5 Å². The fourth-order valence-corrected chi connectivity index (χ4v) is 2.24. The first-order chi connectivity index (χ1) is 12.4. The highest BCUT2D eigenvalue weighted by Gasteiger charge is 2.38. The van der Waals surface area contributed by atoms with Gasteiger partial charge in [-0.15, -0.1) is 0 Å². The molecule has 2 unspecified atom stereocenters. The monoisotopic (exact) mass is 400 g/mol. The van der Waals surface area contributed by atoms with Gasteiger partial charge in [-0.2, -0.15) is 13.2 Å². The highest BCUT2D eigenvalue weighted by Crippen LogP contribution is 2.18. The van der Waals surface area contributed by atoms with E-state index in [1.165, 1.54) is 0 Å². The van der Waals surface area contributed by atoms with E-state index in [4.69, 9.17) is 25.5 Å². The number of hydrogen-bond donors (Lipinski definition) is 3. The lowest BCUT2D eigenvalue weighted by atomic mass is 9.92. The second-order valence-electron chi connectivity index (χ2n) is 5.70. The molecule has 0 aromatic heterocycles. The number of likely N-dealkylation sites (tertiary alicyclic amines) is 1. The summed E-state index contributed by atoms with van der Waals surface area (Å²) in [4.78, 5) is 44.6. The first kappa shape index (κ1) is 24.6. The molecule has 12 heteroatoms. The van der Waals surface area contributed by atoms with Gasteiger partial charge < -0.3 is 25.6 Å². The Hall–Kier alpha value is -2.37. The van der Waals surface area contributed by atoms with Crippen molar-refractivity contribution in [2.45, 2.75) is 44.8 Å². The van der Waals surface area contributed by atoms with E-state index < -0.39 is 24.0 Å². The highest BCUT2D eigenvalue weighted by molar-refractivity contribution is 5.79. The zero-order valence-corrected chi connectivity index (χ0v) is 14.7. The number of carbonyl (C=O) groups excluding carboxylic acids is 2. The number of alkyl halides is 3. The van der Waals surface area contributed by atoms with Crippen molar-refractivity contribution in [2.75, 3.05) is 19.7 Å². The molecule has 1 fully saturated rings. The van der Waals surface area contributed by atoms with Gasteiger partial charge in [0, 0.05) is 32.0 Å². The molecule has 4 N–H and O–H groups in total. The molecule has 1 saturated heterocycles. The van der Waals surface area contributed by atoms with Crippen molar-refractivity contribution in [1.82, 2.24) is 4.90 Å². The van der Waals surface area contributed by atoms with Crippen molar-refractivity contribution >= 4 is 23.8 Å². The molecule has 0 aliphatic carbocycles. The summed E-state index contributed by atoms with van der Waals surface area (Å²) in [6, 6.07) is -0.294. The average Bonchev–Trinajstić information content (AvgIpc) is 2.54. The second kappa shape index (κ2) is 11.4. The molecule has 2 atom stereocenters. The molecule has 0 aromatic carbocycles. The normalized spacial score (nSPS) is 19.5. The Kier molecular flexibility index (Phi) is 10.4. The van der Waals surface area contributed by atoms with E-state index in [0.717, 1.165) is 0 Å². The molecular formula is C15H23F3N2O7. The Morgan fingerprint density at radius 1 is 1.19 bits per heavy atom. The molecule has 0 spiro atoms. The SMILES string of the molecule is CCOC(=O)C1CN(C(=O)CCCC(=O)O)CCC1N.O=C(O)C(F)(F)F. The molecule has 0 bridgehead atoms. The Bertz CT molecular complexity index is 540. The first-order valence-electron chi connectivity index (χ1n) is 8.12. The summed E-state index contributed by atoms with van der Waals surface area (Å²) in [5, 5.41) is 15.7. The van der Waals surface area contributed by atoms with Crippen LogP contribution in [0.3, 0.4) is 0 Å². The van der Waals surface area contributed by atoms with E-state index in [-0.39, 0.29) is 43.9 Å². The molecule has 27 heavy (non-hydrogen) atoms. The number of rotatable bonds is 6. The van der Waals surface area contributed by atoms with Crippen molar-refractivity contribution in [3.63, 3.8) is 0 Å². The number of esters is 1. The summed E-state index contributed by atoms with van der Waals surface area (Å²) in [7, 11) is 0. The van der Waals surface area contributed by atoms with Gasteiger partial charge in [0.2, 0.25) is 5.91 Å². The summed E-state index contributed by atoms with van der Waals surface area (Å²) in [5.41, 5.74) is 5.90. The van der Waals surface area contributed by atoms with Crippen LogP contribution in [0, 0.1) is 5.92 Å². The minimum atomic E-state index is -5.08. The van der Waals surface area contributed by atoms with E-state index in [1.807, 2.05) is 0 Å². The summed E-state index contributed by atoms with van der Waals surface area (Å²) in [6.07, 6.45) is -4.08. The van der Waals surface area contributed by atoms with Gasteiger partial charge in [0.1, 0.15) is 0 Å². The van der Waals surface area contributed by atoms with Gasteiger partial charge in [-0.25, -0.2) is 4.79 Å². The minimum absolute atomic E-state index is 0.0274. The molecule has 156 valence electrons. The molecule has 0 saturated carbocycles. The van der Waals surface area contributed by atoms with Crippen LogP contribution in [-0.2, 0) is 23.9 Å². The summed E-state index contributed by atoms with van der Waals surface area (Å²) in [6.45, 7) is 2.77. The van der Waals surface area contributed by atoms with Gasteiger partial charge >= 0.3 is 24.1 Å². The molecule has 9 nitrogen and oxygen atoms in total. The number of piperidine rings is 1. The second-order valence-corrected chi connectivity index (χ2v) is 5.70. The fourth-order valence-electron chi connectivity index (χ4n) is 2.24. The average molecular weight is 400 g/mol. The minimum Gasteiger partial charge on any atom is -0.481 e. The van der Waals surface area contributed by atoms with E-state index in [2.05, 4.69) is 0 Å². The van der Waals surface area contributed by atoms with Gasteiger partial charge in [-0.3, -0.25) is 14.4 Å². The zero-order chi connectivity index (χ0) is 21.2. The topological polar surface area (TPSA) is 147 Å². The van der Waals surface area contributed by atoms with Crippen molar-refractivity contribution < 1.29 is 47.3 Å². The van der Waals surface area contributed by atoms with Crippen molar-refractivity contribution in [3.05, 3.63) is 0 Å². The third-order valence-corrected chi connectivity index (χ3v) is 3.63. The van der Waals surface area contributed by atoms with Crippen LogP contribution in [0.1, 0.15) is 32.6 Å². The van der Waals surface area contributed by atoms with E-state index in [1.54, 1.807) is 11.8 Å². The number of halogens is 3. The van der Waals surface area contributed by atoms with Crippen molar-refractivity contribution in [2.24, 2.45) is 11.7 Å². The third-order valence-electron chi connectivity index (χ3n) is 3.63. The molecule has 1 amide bonds. The lowest BCUT2D eigenvalue weighted by molar-refractivity contribution is -0.192. The maximum absolute atomic E-state index is 12.0. The van der Waals surface area contributed by atoms with Crippen LogP contribution in [0.2, 0.25) is 0 Å². The van der Waals surface area contributed by atoms with Crippen LogP contribution in [0.4, 0.5) is 13.2 Å². The standard InChI is InChI=1S/C13H22N2O5.C2HF3O2/c1-2-20-13(19)9-8-15(7-6-10(9)14)11(16)4-3-5-12(17)18;3-2(4,5)1(6)7/h9-10H,2-8,14H2,1H3,(H,17,18);(H,6,7). The van der Waals surface area contributed by atoms with E-state index in [0.29, 0.717) is 19.4 Å². The van der Waals surface area contributed by atoms with Crippen molar-refractivity contribution in [1.29, 1.82) is 0 Å². The van der Waals surface area contributed by atoms with E-state index >= 15 is 0 Å². The molecule has 1 aliphatic rings. The number of aliphatic carboxylic acids is 2. The summed E-state index contributed by atoms with van der Waals surface area (Å²) >= 11 is 0. The van der Waals surface area contributed by atoms with Crippen LogP contribution >= 0.6 is 0 Å².